The molecular formula is C20H26N8. The van der Waals surface area contributed by atoms with Gasteiger partial charge in [-0.2, -0.15) is 9.97 Å². The molecule has 4 rings (SSSR count). The Bertz CT molecular complexity index is 893. The molecule has 1 aliphatic heterocycles. The lowest BCUT2D eigenvalue weighted by Crippen LogP contribution is -2.45. The SMILES string of the molecule is CN1CCN(c2nc(NCCNCc3ccccc3)c3nccnc3n2)CC1. The topological polar surface area (TPSA) is 82.1 Å². The third kappa shape index (κ3) is 4.52. The molecule has 146 valence electrons. The molecule has 1 fully saturated rings. The van der Waals surface area contributed by atoms with Crippen LogP contribution in [0.15, 0.2) is 42.7 Å². The summed E-state index contributed by atoms with van der Waals surface area (Å²) < 4.78 is 0. The van der Waals surface area contributed by atoms with Crippen LogP contribution < -0.4 is 15.5 Å². The summed E-state index contributed by atoms with van der Waals surface area (Å²) >= 11 is 0. The van der Waals surface area contributed by atoms with Crippen molar-refractivity contribution in [3.8, 4) is 0 Å². The van der Waals surface area contributed by atoms with Crippen molar-refractivity contribution >= 4 is 22.9 Å². The van der Waals surface area contributed by atoms with Gasteiger partial charge in [-0.1, -0.05) is 30.3 Å². The van der Waals surface area contributed by atoms with Gasteiger partial charge in [0.2, 0.25) is 5.95 Å². The molecule has 0 aliphatic carbocycles. The lowest BCUT2D eigenvalue weighted by atomic mass is 10.2. The Kier molecular flexibility index (Phi) is 5.89. The van der Waals surface area contributed by atoms with E-state index in [1.807, 2.05) is 6.07 Å². The highest BCUT2D eigenvalue weighted by atomic mass is 15.3. The molecule has 0 saturated carbocycles. The predicted octanol–water partition coefficient (Wildman–Crippen LogP) is 1.37. The van der Waals surface area contributed by atoms with Gasteiger partial charge in [-0.25, -0.2) is 9.97 Å². The smallest absolute Gasteiger partial charge is 0.229 e. The van der Waals surface area contributed by atoms with Crippen molar-refractivity contribution in [2.24, 2.45) is 0 Å². The second-order valence-corrected chi connectivity index (χ2v) is 6.98. The molecule has 2 N–H and O–H groups in total. The molecule has 0 bridgehead atoms. The molecule has 0 unspecified atom stereocenters. The summed E-state index contributed by atoms with van der Waals surface area (Å²) in [6, 6.07) is 10.4. The Morgan fingerprint density at radius 1 is 0.929 bits per heavy atom. The van der Waals surface area contributed by atoms with Gasteiger partial charge in [0.05, 0.1) is 0 Å². The zero-order valence-electron chi connectivity index (χ0n) is 16.2. The standard InChI is InChI=1S/C20H26N8/c1-27-11-13-28(14-12-27)20-25-18(17-19(26-20)24-10-9-22-17)23-8-7-21-15-16-5-3-2-4-6-16/h2-6,9-10,21H,7-8,11-15H2,1H3,(H,23,24,25,26). The summed E-state index contributed by atoms with van der Waals surface area (Å²) in [7, 11) is 2.14. The molecule has 0 spiro atoms. The lowest BCUT2D eigenvalue weighted by Gasteiger charge is -2.32. The number of aromatic nitrogens is 4. The highest BCUT2D eigenvalue weighted by Gasteiger charge is 2.19. The molecule has 8 nitrogen and oxygen atoms in total. The number of nitrogens with one attached hydrogen (secondary N) is 2. The van der Waals surface area contributed by atoms with E-state index >= 15 is 0 Å². The van der Waals surface area contributed by atoms with Crippen molar-refractivity contribution in [3.63, 3.8) is 0 Å². The molecule has 8 heteroatoms. The number of fused-ring (bicyclic) bond motifs is 1. The third-order valence-electron chi connectivity index (χ3n) is 4.87. The van der Waals surface area contributed by atoms with E-state index in [2.05, 4.69) is 66.7 Å². The highest BCUT2D eigenvalue weighted by molar-refractivity contribution is 5.83. The van der Waals surface area contributed by atoms with E-state index in [1.165, 1.54) is 5.56 Å². The average Bonchev–Trinajstić information content (AvgIpc) is 2.74. The maximum Gasteiger partial charge on any atom is 0.229 e. The number of hydrogen-bond donors (Lipinski definition) is 2. The zero-order chi connectivity index (χ0) is 19.2. The Balaban J connectivity index is 1.41. The van der Waals surface area contributed by atoms with Gasteiger partial charge in [0.1, 0.15) is 0 Å². The van der Waals surface area contributed by atoms with Crippen molar-refractivity contribution in [2.45, 2.75) is 6.54 Å². The minimum absolute atomic E-state index is 0.631. The van der Waals surface area contributed by atoms with Gasteiger partial charge >= 0.3 is 0 Å². The van der Waals surface area contributed by atoms with Crippen molar-refractivity contribution in [1.82, 2.24) is 30.2 Å². The first kappa shape index (κ1) is 18.5. The van der Waals surface area contributed by atoms with E-state index in [0.29, 0.717) is 11.2 Å². The zero-order valence-corrected chi connectivity index (χ0v) is 16.2. The van der Waals surface area contributed by atoms with E-state index in [0.717, 1.165) is 57.6 Å². The number of nitrogens with zero attached hydrogens (tertiary/aromatic N) is 6. The Hall–Kier alpha value is -2.84. The fraction of sp³-hybridized carbons (Fsp3) is 0.400. The van der Waals surface area contributed by atoms with Crippen LogP contribution in [0, 0.1) is 0 Å². The number of likely N-dealkylation sites (N-methyl/N-ethyl adjacent to an activating group) is 1. The van der Waals surface area contributed by atoms with Gasteiger partial charge in [-0.3, -0.25) is 0 Å². The quantitative estimate of drug-likeness (QED) is 0.597. The Morgan fingerprint density at radius 2 is 1.71 bits per heavy atom. The minimum atomic E-state index is 0.631. The normalized spacial score (nSPS) is 15.1. The average molecular weight is 378 g/mol. The van der Waals surface area contributed by atoms with Crippen LogP contribution in [-0.4, -0.2) is 71.2 Å². The van der Waals surface area contributed by atoms with E-state index < -0.39 is 0 Å². The van der Waals surface area contributed by atoms with E-state index in [1.54, 1.807) is 12.4 Å². The summed E-state index contributed by atoms with van der Waals surface area (Å²) in [5.74, 6) is 1.47. The summed E-state index contributed by atoms with van der Waals surface area (Å²) in [6.07, 6.45) is 3.36. The van der Waals surface area contributed by atoms with Gasteiger partial charge in [-0.05, 0) is 12.6 Å². The third-order valence-corrected chi connectivity index (χ3v) is 4.87. The van der Waals surface area contributed by atoms with Crippen molar-refractivity contribution < 1.29 is 0 Å². The fourth-order valence-electron chi connectivity index (χ4n) is 3.22. The molecule has 0 amide bonds. The van der Waals surface area contributed by atoms with E-state index in [-0.39, 0.29) is 0 Å². The van der Waals surface area contributed by atoms with Crippen LogP contribution in [0.1, 0.15) is 5.56 Å². The first-order valence-electron chi connectivity index (χ1n) is 9.70. The maximum absolute atomic E-state index is 4.76. The van der Waals surface area contributed by atoms with Crippen molar-refractivity contribution in [2.75, 3.05) is 56.5 Å². The van der Waals surface area contributed by atoms with Crippen LogP contribution >= 0.6 is 0 Å². The number of hydrogen-bond acceptors (Lipinski definition) is 8. The molecule has 28 heavy (non-hydrogen) atoms. The van der Waals surface area contributed by atoms with Crippen LogP contribution in [0.25, 0.3) is 11.2 Å². The molecule has 1 aromatic carbocycles. The Morgan fingerprint density at radius 3 is 2.54 bits per heavy atom. The number of benzene rings is 1. The van der Waals surface area contributed by atoms with Crippen LogP contribution in [0.3, 0.4) is 0 Å². The fourth-order valence-corrected chi connectivity index (χ4v) is 3.22. The molecule has 1 saturated heterocycles. The molecular weight excluding hydrogens is 352 g/mol. The Labute approximate surface area is 165 Å². The monoisotopic (exact) mass is 378 g/mol. The minimum Gasteiger partial charge on any atom is -0.367 e. The van der Waals surface area contributed by atoms with Gasteiger partial charge in [0, 0.05) is 58.2 Å². The molecule has 3 aromatic rings. The maximum atomic E-state index is 4.76. The van der Waals surface area contributed by atoms with Crippen molar-refractivity contribution in [3.05, 3.63) is 48.3 Å². The first-order valence-corrected chi connectivity index (χ1v) is 9.70. The second kappa shape index (κ2) is 8.90. The van der Waals surface area contributed by atoms with Crippen LogP contribution in [0.5, 0.6) is 0 Å². The number of anilines is 2. The van der Waals surface area contributed by atoms with Gasteiger partial charge < -0.3 is 20.4 Å². The molecule has 3 heterocycles. The van der Waals surface area contributed by atoms with E-state index in [9.17, 15) is 0 Å². The van der Waals surface area contributed by atoms with Crippen LogP contribution in [0.2, 0.25) is 0 Å². The largest absolute Gasteiger partial charge is 0.367 e. The molecule has 2 aromatic heterocycles. The molecule has 0 radical (unpaired) electrons. The summed E-state index contributed by atoms with van der Waals surface area (Å²) in [4.78, 5) is 22.7. The van der Waals surface area contributed by atoms with Gasteiger partial charge in [-0.15, -0.1) is 0 Å². The van der Waals surface area contributed by atoms with Gasteiger partial charge in [0.15, 0.2) is 17.0 Å². The summed E-state index contributed by atoms with van der Waals surface area (Å²) in [5.41, 5.74) is 2.62. The number of piperazine rings is 1. The second-order valence-electron chi connectivity index (χ2n) is 6.98. The van der Waals surface area contributed by atoms with Crippen LogP contribution in [0.4, 0.5) is 11.8 Å². The molecule has 0 atom stereocenters. The van der Waals surface area contributed by atoms with Crippen LogP contribution in [-0.2, 0) is 6.54 Å². The van der Waals surface area contributed by atoms with E-state index in [4.69, 9.17) is 4.98 Å². The van der Waals surface area contributed by atoms with Gasteiger partial charge in [0.25, 0.3) is 0 Å². The number of rotatable bonds is 7. The first-order chi connectivity index (χ1) is 13.8. The van der Waals surface area contributed by atoms with Crippen molar-refractivity contribution in [1.29, 1.82) is 0 Å². The lowest BCUT2D eigenvalue weighted by molar-refractivity contribution is 0.311. The summed E-state index contributed by atoms with van der Waals surface area (Å²) in [5, 5.41) is 6.85. The predicted molar refractivity (Wildman–Crippen MR) is 111 cm³/mol. The highest BCUT2D eigenvalue weighted by Crippen LogP contribution is 2.20. The molecule has 1 aliphatic rings. The summed E-state index contributed by atoms with van der Waals surface area (Å²) in [6.45, 7) is 6.27.